The van der Waals surface area contributed by atoms with E-state index in [1.807, 2.05) is 55.7 Å². The zero-order chi connectivity index (χ0) is 22.5. The zero-order valence-electron chi connectivity index (χ0n) is 18.4. The average molecular weight is 423 g/mol. The predicted molar refractivity (Wildman–Crippen MR) is 126 cm³/mol. The van der Waals surface area contributed by atoms with Crippen molar-refractivity contribution in [1.82, 2.24) is 9.55 Å². The quantitative estimate of drug-likeness (QED) is 0.437. The van der Waals surface area contributed by atoms with Crippen molar-refractivity contribution in [2.45, 2.75) is 33.5 Å². The lowest BCUT2D eigenvalue weighted by Crippen LogP contribution is -2.24. The van der Waals surface area contributed by atoms with Crippen LogP contribution in [0.3, 0.4) is 0 Å². The summed E-state index contributed by atoms with van der Waals surface area (Å²) in [6, 6.07) is 24.1. The van der Waals surface area contributed by atoms with Gasteiger partial charge >= 0.3 is 0 Å². The van der Waals surface area contributed by atoms with E-state index in [9.17, 15) is 5.11 Å². The van der Waals surface area contributed by atoms with Gasteiger partial charge in [-0.1, -0.05) is 42.0 Å². The van der Waals surface area contributed by atoms with Crippen LogP contribution in [-0.2, 0) is 19.6 Å². The van der Waals surface area contributed by atoms with Gasteiger partial charge in [-0.2, -0.15) is 5.26 Å². The summed E-state index contributed by atoms with van der Waals surface area (Å²) in [5, 5.41) is 19.2. The molecule has 3 aromatic carbocycles. The van der Waals surface area contributed by atoms with Crippen molar-refractivity contribution >= 4 is 5.69 Å². The molecule has 0 fully saturated rings. The monoisotopic (exact) mass is 422 g/mol. The smallest absolute Gasteiger partial charge is 0.128 e. The second-order valence-electron chi connectivity index (χ2n) is 8.09. The van der Waals surface area contributed by atoms with Crippen molar-refractivity contribution in [2.24, 2.45) is 0 Å². The van der Waals surface area contributed by atoms with Crippen LogP contribution < -0.4 is 4.90 Å². The number of phenols is 1. The molecule has 0 saturated heterocycles. The molecule has 0 bridgehead atoms. The highest BCUT2D eigenvalue weighted by Gasteiger charge is 2.13. The van der Waals surface area contributed by atoms with Crippen LogP contribution in [-0.4, -0.2) is 14.7 Å². The molecule has 5 heteroatoms. The minimum absolute atomic E-state index is 0.314. The first-order chi connectivity index (χ1) is 15.5. The highest BCUT2D eigenvalue weighted by molar-refractivity contribution is 5.49. The lowest BCUT2D eigenvalue weighted by Gasteiger charge is -2.25. The minimum atomic E-state index is 0.314. The maximum atomic E-state index is 10.2. The van der Waals surface area contributed by atoms with Crippen LogP contribution in [0.25, 0.3) is 0 Å². The fourth-order valence-electron chi connectivity index (χ4n) is 3.66. The molecule has 0 aliphatic heterocycles. The molecule has 4 aromatic rings. The van der Waals surface area contributed by atoms with E-state index in [1.165, 1.54) is 5.56 Å². The Morgan fingerprint density at radius 3 is 2.34 bits per heavy atom. The molecule has 4 rings (SSSR count). The Bertz CT molecular complexity index is 1230. The van der Waals surface area contributed by atoms with Crippen molar-refractivity contribution in [3.05, 3.63) is 113 Å². The van der Waals surface area contributed by atoms with E-state index in [2.05, 4.69) is 57.8 Å². The van der Waals surface area contributed by atoms with E-state index in [0.717, 1.165) is 28.2 Å². The van der Waals surface area contributed by atoms with Crippen LogP contribution >= 0.6 is 0 Å². The first-order valence-corrected chi connectivity index (χ1v) is 10.6. The Kier molecular flexibility index (Phi) is 6.23. The van der Waals surface area contributed by atoms with Crippen LogP contribution in [0.4, 0.5) is 5.69 Å². The number of aryl methyl sites for hydroxylation is 2. The molecule has 32 heavy (non-hydrogen) atoms. The summed E-state index contributed by atoms with van der Waals surface area (Å²) in [4.78, 5) is 6.89. The molecule has 0 atom stereocenters. The third kappa shape index (κ3) is 4.98. The third-order valence-corrected chi connectivity index (χ3v) is 5.62. The molecule has 0 radical (unpaired) electrons. The molecular weight excluding hydrogens is 396 g/mol. The number of aromatic nitrogens is 2. The molecular formula is C27H26N4O. The predicted octanol–water partition coefficient (Wildman–Crippen LogP) is 5.33. The Morgan fingerprint density at radius 1 is 0.938 bits per heavy atom. The van der Waals surface area contributed by atoms with E-state index in [4.69, 9.17) is 5.26 Å². The van der Waals surface area contributed by atoms with Gasteiger partial charge in [0, 0.05) is 31.2 Å². The van der Waals surface area contributed by atoms with Crippen LogP contribution in [0.5, 0.6) is 5.75 Å². The number of phenolic OH excluding ortho intramolecular Hbond substituents is 1. The highest BCUT2D eigenvalue weighted by Crippen LogP contribution is 2.24. The van der Waals surface area contributed by atoms with E-state index in [1.54, 1.807) is 0 Å². The molecule has 1 aromatic heterocycles. The van der Waals surface area contributed by atoms with E-state index in [0.29, 0.717) is 30.9 Å². The van der Waals surface area contributed by atoms with Crippen molar-refractivity contribution in [3.8, 4) is 11.8 Å². The van der Waals surface area contributed by atoms with Gasteiger partial charge in [0.2, 0.25) is 0 Å². The van der Waals surface area contributed by atoms with Gasteiger partial charge in [-0.15, -0.1) is 0 Å². The normalized spacial score (nSPS) is 10.7. The summed E-state index contributed by atoms with van der Waals surface area (Å²) in [5.41, 5.74) is 6.00. The summed E-state index contributed by atoms with van der Waals surface area (Å²) in [5.74, 6) is 1.26. The van der Waals surface area contributed by atoms with Crippen molar-refractivity contribution < 1.29 is 5.11 Å². The fraction of sp³-hybridized carbons (Fsp3) is 0.185. The molecule has 0 amide bonds. The SMILES string of the molecule is Cc1ccc(N(Cc2ccc(C)c(O)c2)Cc2nccn2Cc2ccc(C#N)cc2)cc1. The summed E-state index contributed by atoms with van der Waals surface area (Å²) in [7, 11) is 0. The number of hydrogen-bond donors (Lipinski definition) is 1. The number of aromatic hydroxyl groups is 1. The molecule has 0 aliphatic rings. The fourth-order valence-corrected chi connectivity index (χ4v) is 3.66. The van der Waals surface area contributed by atoms with Crippen LogP contribution in [0, 0.1) is 25.2 Å². The van der Waals surface area contributed by atoms with E-state index < -0.39 is 0 Å². The topological polar surface area (TPSA) is 65.1 Å². The largest absolute Gasteiger partial charge is 0.508 e. The lowest BCUT2D eigenvalue weighted by molar-refractivity contribution is 0.470. The standard InChI is InChI=1S/C27H26N4O/c1-20-3-11-25(12-4-20)31(18-24-6-5-21(2)26(32)15-24)19-27-29-13-14-30(27)17-23-9-7-22(16-28)8-10-23/h3-15,32H,17-19H2,1-2H3. The van der Waals surface area contributed by atoms with Gasteiger partial charge in [-0.25, -0.2) is 4.98 Å². The van der Waals surface area contributed by atoms with Gasteiger partial charge in [0.25, 0.3) is 0 Å². The summed E-state index contributed by atoms with van der Waals surface area (Å²) in [6.07, 6.45) is 3.81. The number of hydrogen-bond acceptors (Lipinski definition) is 4. The summed E-state index contributed by atoms with van der Waals surface area (Å²) >= 11 is 0. The van der Waals surface area contributed by atoms with Crippen molar-refractivity contribution in [3.63, 3.8) is 0 Å². The second-order valence-corrected chi connectivity index (χ2v) is 8.09. The van der Waals surface area contributed by atoms with Gasteiger partial charge in [0.1, 0.15) is 11.6 Å². The molecule has 0 aliphatic carbocycles. The van der Waals surface area contributed by atoms with Gasteiger partial charge in [-0.3, -0.25) is 0 Å². The molecule has 0 unspecified atom stereocenters. The van der Waals surface area contributed by atoms with Gasteiger partial charge in [-0.05, 0) is 60.9 Å². The molecule has 1 N–H and O–H groups in total. The maximum Gasteiger partial charge on any atom is 0.128 e. The molecule has 5 nitrogen and oxygen atoms in total. The van der Waals surface area contributed by atoms with Gasteiger partial charge in [0.05, 0.1) is 18.2 Å². The Morgan fingerprint density at radius 2 is 1.66 bits per heavy atom. The number of imidazole rings is 1. The average Bonchev–Trinajstić information content (AvgIpc) is 3.23. The number of benzene rings is 3. The molecule has 160 valence electrons. The molecule has 1 heterocycles. The van der Waals surface area contributed by atoms with E-state index >= 15 is 0 Å². The zero-order valence-corrected chi connectivity index (χ0v) is 18.4. The minimum Gasteiger partial charge on any atom is -0.508 e. The Hall–Kier alpha value is -4.04. The van der Waals surface area contributed by atoms with Gasteiger partial charge < -0.3 is 14.6 Å². The van der Waals surface area contributed by atoms with Crippen LogP contribution in [0.2, 0.25) is 0 Å². The van der Waals surface area contributed by atoms with Crippen LogP contribution in [0.15, 0.2) is 79.1 Å². The number of rotatable bonds is 7. The Balaban J connectivity index is 1.59. The summed E-state index contributed by atoms with van der Waals surface area (Å²) in [6.45, 7) is 5.95. The highest BCUT2D eigenvalue weighted by atomic mass is 16.3. The number of anilines is 1. The summed E-state index contributed by atoms with van der Waals surface area (Å²) < 4.78 is 2.13. The molecule has 0 spiro atoms. The first-order valence-electron chi connectivity index (χ1n) is 10.6. The van der Waals surface area contributed by atoms with Crippen molar-refractivity contribution in [2.75, 3.05) is 4.90 Å². The van der Waals surface area contributed by atoms with E-state index in [-0.39, 0.29) is 0 Å². The first kappa shape index (κ1) is 21.2. The van der Waals surface area contributed by atoms with Crippen LogP contribution in [0.1, 0.15) is 33.6 Å². The molecule has 0 saturated carbocycles. The van der Waals surface area contributed by atoms with Gasteiger partial charge in [0.15, 0.2) is 0 Å². The Labute approximate surface area is 188 Å². The maximum absolute atomic E-state index is 10.2. The number of nitrogens with zero attached hydrogens (tertiary/aromatic N) is 4. The number of nitriles is 1. The van der Waals surface area contributed by atoms with Crippen molar-refractivity contribution in [1.29, 1.82) is 5.26 Å². The third-order valence-electron chi connectivity index (χ3n) is 5.62. The second kappa shape index (κ2) is 9.40. The lowest BCUT2D eigenvalue weighted by atomic mass is 10.1.